The molecule has 0 saturated heterocycles. The van der Waals surface area contributed by atoms with Crippen LogP contribution < -0.4 is 4.74 Å². The summed E-state index contributed by atoms with van der Waals surface area (Å²) in [7, 11) is 0. The summed E-state index contributed by atoms with van der Waals surface area (Å²) in [5.74, 6) is 1.02. The lowest BCUT2D eigenvalue weighted by Crippen LogP contribution is -2.13. The molecule has 3 aromatic carbocycles. The van der Waals surface area contributed by atoms with Crippen molar-refractivity contribution in [2.24, 2.45) is 0 Å². The van der Waals surface area contributed by atoms with Crippen molar-refractivity contribution in [1.82, 2.24) is 15.2 Å². The quantitative estimate of drug-likeness (QED) is 0.219. The second-order valence-electron chi connectivity index (χ2n) is 7.27. The van der Waals surface area contributed by atoms with E-state index in [2.05, 4.69) is 10.2 Å². The number of nitro groups is 1. The lowest BCUT2D eigenvalue weighted by molar-refractivity contribution is -0.385. The summed E-state index contributed by atoms with van der Waals surface area (Å²) in [6.45, 7) is 0.390. The van der Waals surface area contributed by atoms with Crippen molar-refractivity contribution in [2.45, 2.75) is 17.5 Å². The molecule has 0 aliphatic carbocycles. The maximum Gasteiger partial charge on any atom is 0.270 e. The highest BCUT2D eigenvalue weighted by Crippen LogP contribution is 2.36. The van der Waals surface area contributed by atoms with Crippen LogP contribution in [0.3, 0.4) is 0 Å². The lowest BCUT2D eigenvalue weighted by atomic mass is 10.0. The van der Waals surface area contributed by atoms with E-state index in [1.54, 1.807) is 0 Å². The van der Waals surface area contributed by atoms with Gasteiger partial charge in [-0.25, -0.2) is 4.98 Å². The van der Waals surface area contributed by atoms with E-state index in [4.69, 9.17) is 14.5 Å². The number of benzene rings is 3. The fourth-order valence-corrected chi connectivity index (χ4v) is 4.35. The molecule has 0 bridgehead atoms. The first-order chi connectivity index (χ1) is 16.2. The number of non-ortho nitro benzene ring substituents is 1. The Labute approximate surface area is 193 Å². The molecule has 0 spiro atoms. The summed E-state index contributed by atoms with van der Waals surface area (Å²) in [5, 5.41) is 20.6. The highest BCUT2D eigenvalue weighted by Gasteiger charge is 2.22. The number of rotatable bonds is 6. The Morgan fingerprint density at radius 1 is 0.939 bits per heavy atom. The highest BCUT2D eigenvalue weighted by atomic mass is 32.2. The van der Waals surface area contributed by atoms with E-state index >= 15 is 0 Å². The summed E-state index contributed by atoms with van der Waals surface area (Å²) in [6, 6.07) is 22.6. The van der Waals surface area contributed by atoms with Crippen LogP contribution in [0.5, 0.6) is 5.75 Å². The van der Waals surface area contributed by atoms with Crippen LogP contribution >= 0.6 is 11.8 Å². The molecule has 0 saturated carbocycles. The van der Waals surface area contributed by atoms with Gasteiger partial charge in [0.1, 0.15) is 17.1 Å². The molecule has 0 unspecified atom stereocenters. The number of hydrogen-bond acceptors (Lipinski definition) is 8. The number of aromatic nitrogens is 3. The van der Waals surface area contributed by atoms with Crippen LogP contribution in [-0.2, 0) is 17.1 Å². The van der Waals surface area contributed by atoms with Gasteiger partial charge in [0.15, 0.2) is 6.79 Å². The molecule has 164 valence electrons. The maximum atomic E-state index is 11.4. The molecule has 33 heavy (non-hydrogen) atoms. The van der Waals surface area contributed by atoms with Crippen LogP contribution in [-0.4, -0.2) is 26.9 Å². The second-order valence-corrected chi connectivity index (χ2v) is 8.22. The number of hydrogen-bond donors (Lipinski definition) is 0. The lowest BCUT2D eigenvalue weighted by Gasteiger charge is -2.20. The Hall–Kier alpha value is -3.82. The predicted molar refractivity (Wildman–Crippen MR) is 124 cm³/mol. The zero-order valence-electron chi connectivity index (χ0n) is 17.4. The van der Waals surface area contributed by atoms with Gasteiger partial charge in [0.2, 0.25) is 5.16 Å². The van der Waals surface area contributed by atoms with Gasteiger partial charge in [-0.15, -0.1) is 10.2 Å². The Bertz CT molecular complexity index is 1300. The number of nitro benzene ring substituents is 1. The Kier molecular flexibility index (Phi) is 5.97. The van der Waals surface area contributed by atoms with Gasteiger partial charge < -0.3 is 9.47 Å². The SMILES string of the molecule is O=[N+]([O-])c1cc2c(c(CSc3nnc(-c4ccccc4)c(-c4ccccc4)n3)c1)OCOC2. The van der Waals surface area contributed by atoms with Gasteiger partial charge in [0.25, 0.3) is 5.69 Å². The zero-order chi connectivity index (χ0) is 22.6. The Morgan fingerprint density at radius 2 is 1.64 bits per heavy atom. The topological polar surface area (TPSA) is 100 Å². The van der Waals surface area contributed by atoms with Crippen molar-refractivity contribution in [3.8, 4) is 28.3 Å². The molecule has 1 aromatic heterocycles. The Balaban J connectivity index is 1.49. The van der Waals surface area contributed by atoms with Crippen LogP contribution in [0, 0.1) is 10.1 Å². The largest absolute Gasteiger partial charge is 0.467 e. The number of fused-ring (bicyclic) bond motifs is 1. The van der Waals surface area contributed by atoms with Crippen molar-refractivity contribution in [3.05, 3.63) is 94.0 Å². The number of ether oxygens (including phenoxy) is 2. The van der Waals surface area contributed by atoms with Crippen LogP contribution in [0.1, 0.15) is 11.1 Å². The monoisotopic (exact) mass is 458 g/mol. The summed E-state index contributed by atoms with van der Waals surface area (Å²) < 4.78 is 10.9. The summed E-state index contributed by atoms with van der Waals surface area (Å²) in [6.07, 6.45) is 0. The first-order valence-electron chi connectivity index (χ1n) is 10.2. The molecule has 8 nitrogen and oxygen atoms in total. The number of thioether (sulfide) groups is 1. The van der Waals surface area contributed by atoms with E-state index in [1.165, 1.54) is 23.9 Å². The van der Waals surface area contributed by atoms with E-state index in [9.17, 15) is 10.1 Å². The van der Waals surface area contributed by atoms with Crippen molar-refractivity contribution in [1.29, 1.82) is 0 Å². The Morgan fingerprint density at radius 3 is 2.33 bits per heavy atom. The predicted octanol–water partition coefficient (Wildman–Crippen LogP) is 5.27. The molecule has 9 heteroatoms. The molecule has 0 amide bonds. The van der Waals surface area contributed by atoms with Crippen LogP contribution in [0.15, 0.2) is 78.0 Å². The third kappa shape index (κ3) is 4.55. The van der Waals surface area contributed by atoms with Gasteiger partial charge in [0.05, 0.1) is 11.5 Å². The van der Waals surface area contributed by atoms with Crippen molar-refractivity contribution < 1.29 is 14.4 Å². The fourth-order valence-electron chi connectivity index (χ4n) is 3.60. The van der Waals surface area contributed by atoms with Gasteiger partial charge in [-0.3, -0.25) is 10.1 Å². The maximum absolute atomic E-state index is 11.4. The minimum Gasteiger partial charge on any atom is -0.467 e. The molecular weight excluding hydrogens is 440 g/mol. The van der Waals surface area contributed by atoms with E-state index in [-0.39, 0.29) is 19.1 Å². The molecule has 1 aliphatic rings. The summed E-state index contributed by atoms with van der Waals surface area (Å²) in [4.78, 5) is 15.7. The molecule has 2 heterocycles. The van der Waals surface area contributed by atoms with Crippen LogP contribution in [0.25, 0.3) is 22.5 Å². The first-order valence-corrected chi connectivity index (χ1v) is 11.2. The van der Waals surface area contributed by atoms with Crippen molar-refractivity contribution in [3.63, 3.8) is 0 Å². The first kappa shape index (κ1) is 21.0. The third-order valence-electron chi connectivity index (χ3n) is 5.10. The minimum atomic E-state index is -0.413. The van der Waals surface area contributed by atoms with Gasteiger partial charge in [-0.1, -0.05) is 72.4 Å². The average molecular weight is 458 g/mol. The fraction of sp³-hybridized carbons (Fsp3) is 0.125. The molecule has 4 aromatic rings. The standard InChI is InChI=1S/C24H18N4O4S/c29-28(30)20-11-18-13-31-15-32-23(18)19(12-20)14-33-24-25-21(16-7-3-1-4-8-16)22(26-27-24)17-9-5-2-6-10-17/h1-12H,13-15H2. The van der Waals surface area contributed by atoms with E-state index in [1.807, 2.05) is 60.7 Å². The van der Waals surface area contributed by atoms with Gasteiger partial charge in [-0.05, 0) is 0 Å². The molecule has 0 atom stereocenters. The molecule has 0 radical (unpaired) electrons. The van der Waals surface area contributed by atoms with Crippen molar-refractivity contribution >= 4 is 17.4 Å². The third-order valence-corrected chi connectivity index (χ3v) is 5.99. The molecule has 0 N–H and O–H groups in total. The minimum absolute atomic E-state index is 0.00175. The second kappa shape index (κ2) is 9.35. The number of nitrogens with zero attached hydrogens (tertiary/aromatic N) is 4. The van der Waals surface area contributed by atoms with Crippen molar-refractivity contribution in [2.75, 3.05) is 6.79 Å². The molecule has 1 aliphatic heterocycles. The molecule has 0 fully saturated rings. The summed E-state index contributed by atoms with van der Waals surface area (Å²) >= 11 is 1.35. The van der Waals surface area contributed by atoms with Gasteiger partial charge >= 0.3 is 0 Å². The zero-order valence-corrected chi connectivity index (χ0v) is 18.2. The van der Waals surface area contributed by atoms with E-state index in [0.717, 1.165) is 16.8 Å². The highest BCUT2D eigenvalue weighted by molar-refractivity contribution is 7.98. The van der Waals surface area contributed by atoms with E-state index < -0.39 is 4.92 Å². The van der Waals surface area contributed by atoms with Gasteiger partial charge in [-0.2, -0.15) is 0 Å². The van der Waals surface area contributed by atoms with Gasteiger partial charge in [0, 0.05) is 40.1 Å². The van der Waals surface area contributed by atoms with Crippen LogP contribution in [0.2, 0.25) is 0 Å². The van der Waals surface area contributed by atoms with Crippen LogP contribution in [0.4, 0.5) is 5.69 Å². The smallest absolute Gasteiger partial charge is 0.270 e. The average Bonchev–Trinajstić information content (AvgIpc) is 2.88. The summed E-state index contributed by atoms with van der Waals surface area (Å²) in [5.41, 5.74) is 4.64. The molecular formula is C24H18N4O4S. The van der Waals surface area contributed by atoms with E-state index in [0.29, 0.717) is 33.5 Å². The molecule has 5 rings (SSSR count). The normalized spacial score (nSPS) is 12.6.